The summed E-state index contributed by atoms with van der Waals surface area (Å²) >= 11 is 0. The Morgan fingerprint density at radius 3 is 2.61 bits per heavy atom. The van der Waals surface area contributed by atoms with E-state index in [1.807, 2.05) is 19.9 Å². The Hall–Kier alpha value is -1.55. The third-order valence-corrected chi connectivity index (χ3v) is 2.70. The van der Waals surface area contributed by atoms with E-state index in [9.17, 15) is 4.79 Å². The Bertz CT molecular complexity index is 404. The van der Waals surface area contributed by atoms with Gasteiger partial charge in [-0.05, 0) is 39.0 Å². The molecule has 0 saturated carbocycles. The van der Waals surface area contributed by atoms with E-state index in [0.717, 1.165) is 0 Å². The van der Waals surface area contributed by atoms with E-state index in [0.29, 0.717) is 11.3 Å². The molecule has 18 heavy (non-hydrogen) atoms. The Balaban J connectivity index is 2.86. The van der Waals surface area contributed by atoms with Crippen LogP contribution in [0.3, 0.4) is 0 Å². The van der Waals surface area contributed by atoms with Gasteiger partial charge in [0.1, 0.15) is 5.75 Å². The molecular formula is C14H21NO3. The van der Waals surface area contributed by atoms with Crippen molar-refractivity contribution >= 4 is 5.91 Å². The highest BCUT2D eigenvalue weighted by atomic mass is 16.5. The van der Waals surface area contributed by atoms with Crippen LogP contribution in [0, 0.1) is 0 Å². The second-order valence-electron chi connectivity index (χ2n) is 4.64. The zero-order valence-corrected chi connectivity index (χ0v) is 11.4. The largest absolute Gasteiger partial charge is 0.491 e. The molecule has 0 spiro atoms. The SMILES string of the molecule is CC(C)Oc1cccc(C(=O)N(C)C(C)CO)c1. The first-order chi connectivity index (χ1) is 8.45. The van der Waals surface area contributed by atoms with E-state index in [1.165, 1.54) is 4.90 Å². The maximum atomic E-state index is 12.1. The summed E-state index contributed by atoms with van der Waals surface area (Å²) in [4.78, 5) is 13.7. The van der Waals surface area contributed by atoms with Crippen molar-refractivity contribution in [3.05, 3.63) is 29.8 Å². The number of rotatable bonds is 5. The summed E-state index contributed by atoms with van der Waals surface area (Å²) in [6, 6.07) is 6.89. The van der Waals surface area contributed by atoms with Gasteiger partial charge in [0, 0.05) is 12.6 Å². The molecule has 100 valence electrons. The molecule has 1 unspecified atom stereocenters. The highest BCUT2D eigenvalue weighted by Gasteiger charge is 2.17. The molecule has 0 heterocycles. The number of amides is 1. The van der Waals surface area contributed by atoms with Crippen LogP contribution in [0.15, 0.2) is 24.3 Å². The first kappa shape index (κ1) is 14.5. The maximum Gasteiger partial charge on any atom is 0.254 e. The van der Waals surface area contributed by atoms with Crippen molar-refractivity contribution in [3.63, 3.8) is 0 Å². The Labute approximate surface area is 108 Å². The van der Waals surface area contributed by atoms with Gasteiger partial charge in [0.2, 0.25) is 0 Å². The van der Waals surface area contributed by atoms with E-state index in [1.54, 1.807) is 32.2 Å². The lowest BCUT2D eigenvalue weighted by atomic mass is 10.1. The number of aliphatic hydroxyl groups is 1. The fourth-order valence-corrected chi connectivity index (χ4v) is 1.50. The number of likely N-dealkylation sites (N-methyl/N-ethyl adjacent to an activating group) is 1. The molecule has 1 aromatic rings. The molecule has 1 N–H and O–H groups in total. The van der Waals surface area contributed by atoms with Crippen molar-refractivity contribution < 1.29 is 14.6 Å². The lowest BCUT2D eigenvalue weighted by Crippen LogP contribution is -2.37. The van der Waals surface area contributed by atoms with Crippen molar-refractivity contribution in [2.45, 2.75) is 32.9 Å². The van der Waals surface area contributed by atoms with Crippen LogP contribution in [0.5, 0.6) is 5.75 Å². The monoisotopic (exact) mass is 251 g/mol. The van der Waals surface area contributed by atoms with Gasteiger partial charge in [-0.3, -0.25) is 4.79 Å². The molecule has 1 atom stereocenters. The van der Waals surface area contributed by atoms with E-state index in [-0.39, 0.29) is 24.7 Å². The smallest absolute Gasteiger partial charge is 0.254 e. The van der Waals surface area contributed by atoms with Gasteiger partial charge in [0.05, 0.1) is 18.8 Å². The third-order valence-electron chi connectivity index (χ3n) is 2.70. The number of hydrogen-bond donors (Lipinski definition) is 1. The molecular weight excluding hydrogens is 230 g/mol. The molecule has 0 fully saturated rings. The van der Waals surface area contributed by atoms with Crippen LogP contribution in [0.4, 0.5) is 0 Å². The molecule has 1 aromatic carbocycles. The second-order valence-corrected chi connectivity index (χ2v) is 4.64. The number of hydrogen-bond acceptors (Lipinski definition) is 3. The molecule has 1 rings (SSSR count). The molecule has 4 heteroatoms. The number of nitrogens with zero attached hydrogens (tertiary/aromatic N) is 1. The number of ether oxygens (including phenoxy) is 1. The average molecular weight is 251 g/mol. The highest BCUT2D eigenvalue weighted by Crippen LogP contribution is 2.16. The Morgan fingerprint density at radius 2 is 2.06 bits per heavy atom. The van der Waals surface area contributed by atoms with Gasteiger partial charge in [0.25, 0.3) is 5.91 Å². The van der Waals surface area contributed by atoms with Gasteiger partial charge in [-0.15, -0.1) is 0 Å². The van der Waals surface area contributed by atoms with Crippen molar-refractivity contribution in [1.82, 2.24) is 4.90 Å². The number of aliphatic hydroxyl groups excluding tert-OH is 1. The lowest BCUT2D eigenvalue weighted by molar-refractivity contribution is 0.0681. The summed E-state index contributed by atoms with van der Waals surface area (Å²) in [6.07, 6.45) is 0.0736. The molecule has 1 amide bonds. The van der Waals surface area contributed by atoms with Crippen LogP contribution >= 0.6 is 0 Å². The second kappa shape index (κ2) is 6.40. The average Bonchev–Trinajstić information content (AvgIpc) is 2.35. The van der Waals surface area contributed by atoms with Gasteiger partial charge in [-0.1, -0.05) is 6.07 Å². The lowest BCUT2D eigenvalue weighted by Gasteiger charge is -2.23. The van der Waals surface area contributed by atoms with Crippen molar-refractivity contribution in [2.75, 3.05) is 13.7 Å². The molecule has 4 nitrogen and oxygen atoms in total. The van der Waals surface area contributed by atoms with Crippen LogP contribution in [0.2, 0.25) is 0 Å². The summed E-state index contributed by atoms with van der Waals surface area (Å²) in [6.45, 7) is 5.62. The van der Waals surface area contributed by atoms with Crippen LogP contribution in [0.1, 0.15) is 31.1 Å². The van der Waals surface area contributed by atoms with Crippen molar-refractivity contribution in [3.8, 4) is 5.75 Å². The summed E-state index contributed by atoms with van der Waals surface area (Å²) in [5, 5.41) is 9.06. The zero-order chi connectivity index (χ0) is 13.7. The molecule has 0 aliphatic heterocycles. The summed E-state index contributed by atoms with van der Waals surface area (Å²) in [5.41, 5.74) is 0.566. The zero-order valence-electron chi connectivity index (χ0n) is 11.4. The van der Waals surface area contributed by atoms with Crippen LogP contribution in [-0.2, 0) is 0 Å². The molecule has 0 aliphatic rings. The Morgan fingerprint density at radius 1 is 1.39 bits per heavy atom. The highest BCUT2D eigenvalue weighted by molar-refractivity contribution is 5.94. The fourth-order valence-electron chi connectivity index (χ4n) is 1.50. The first-order valence-corrected chi connectivity index (χ1v) is 6.10. The standard InChI is InChI=1S/C14H21NO3/c1-10(2)18-13-7-5-6-12(8-13)14(17)15(4)11(3)9-16/h5-8,10-11,16H,9H2,1-4H3. The van der Waals surface area contributed by atoms with Gasteiger partial charge in [-0.25, -0.2) is 0 Å². The summed E-state index contributed by atoms with van der Waals surface area (Å²) in [5.74, 6) is 0.562. The maximum absolute atomic E-state index is 12.1. The number of carbonyl (C=O) groups excluding carboxylic acids is 1. The summed E-state index contributed by atoms with van der Waals surface area (Å²) in [7, 11) is 1.68. The Kier molecular flexibility index (Phi) is 5.16. The minimum Gasteiger partial charge on any atom is -0.491 e. The minimum atomic E-state index is -0.202. The minimum absolute atomic E-state index is 0.0512. The van der Waals surface area contributed by atoms with Gasteiger partial charge in [0.15, 0.2) is 0 Å². The molecule has 0 aromatic heterocycles. The number of carbonyl (C=O) groups is 1. The third kappa shape index (κ3) is 3.74. The molecule has 0 radical (unpaired) electrons. The first-order valence-electron chi connectivity index (χ1n) is 6.10. The topological polar surface area (TPSA) is 49.8 Å². The molecule has 0 saturated heterocycles. The normalized spacial score (nSPS) is 12.3. The van der Waals surface area contributed by atoms with Gasteiger partial charge >= 0.3 is 0 Å². The number of benzene rings is 1. The van der Waals surface area contributed by atoms with E-state index in [2.05, 4.69) is 0 Å². The van der Waals surface area contributed by atoms with Gasteiger partial charge in [-0.2, -0.15) is 0 Å². The van der Waals surface area contributed by atoms with Crippen molar-refractivity contribution in [2.24, 2.45) is 0 Å². The van der Waals surface area contributed by atoms with Crippen LogP contribution in [0.25, 0.3) is 0 Å². The van der Waals surface area contributed by atoms with E-state index >= 15 is 0 Å². The molecule has 0 aliphatic carbocycles. The van der Waals surface area contributed by atoms with E-state index in [4.69, 9.17) is 9.84 Å². The predicted molar refractivity (Wildman–Crippen MR) is 70.8 cm³/mol. The fraction of sp³-hybridized carbons (Fsp3) is 0.500. The quantitative estimate of drug-likeness (QED) is 0.870. The summed E-state index contributed by atoms with van der Waals surface area (Å²) < 4.78 is 5.55. The van der Waals surface area contributed by atoms with Crippen LogP contribution < -0.4 is 4.74 Å². The van der Waals surface area contributed by atoms with Gasteiger partial charge < -0.3 is 14.7 Å². The van der Waals surface area contributed by atoms with Crippen molar-refractivity contribution in [1.29, 1.82) is 0 Å². The molecule has 0 bridgehead atoms. The predicted octanol–water partition coefficient (Wildman–Crippen LogP) is 1.93. The van der Waals surface area contributed by atoms with Crippen LogP contribution in [-0.4, -0.2) is 41.7 Å². The van der Waals surface area contributed by atoms with E-state index < -0.39 is 0 Å².